The van der Waals surface area contributed by atoms with E-state index in [0.717, 1.165) is 27.9 Å². The van der Waals surface area contributed by atoms with E-state index in [2.05, 4.69) is 10.2 Å². The Hall–Kier alpha value is -3.74. The lowest BCUT2D eigenvalue weighted by atomic mass is 10.1. The van der Waals surface area contributed by atoms with Gasteiger partial charge in [-0.25, -0.2) is 4.98 Å². The molecule has 0 unspecified atom stereocenters. The Labute approximate surface area is 167 Å². The highest BCUT2D eigenvalue weighted by atomic mass is 16.5. The summed E-state index contributed by atoms with van der Waals surface area (Å²) in [6.07, 6.45) is 0. The number of fused-ring (bicyclic) bond motifs is 1. The molecule has 0 saturated carbocycles. The molecule has 4 rings (SSSR count). The van der Waals surface area contributed by atoms with Gasteiger partial charge >= 0.3 is 0 Å². The van der Waals surface area contributed by atoms with Crippen molar-refractivity contribution in [1.29, 1.82) is 0 Å². The molecule has 0 radical (unpaired) electrons. The summed E-state index contributed by atoms with van der Waals surface area (Å²) in [5.41, 5.74) is 5.33. The topological polar surface area (TPSA) is 89.5 Å². The van der Waals surface area contributed by atoms with E-state index in [1.54, 1.807) is 27.4 Å². The molecule has 0 bridgehead atoms. The van der Waals surface area contributed by atoms with Gasteiger partial charge in [-0.2, -0.15) is 5.10 Å². The summed E-state index contributed by atoms with van der Waals surface area (Å²) in [4.78, 5) is 4.79. The molecule has 0 aliphatic carbocycles. The first-order valence-electron chi connectivity index (χ1n) is 9.01. The van der Waals surface area contributed by atoms with E-state index in [1.807, 2.05) is 43.3 Å². The number of aromatic hydroxyl groups is 1. The zero-order valence-corrected chi connectivity index (χ0v) is 16.6. The van der Waals surface area contributed by atoms with Crippen molar-refractivity contribution in [1.82, 2.24) is 15.2 Å². The first-order valence-corrected chi connectivity index (χ1v) is 9.01. The van der Waals surface area contributed by atoms with Crippen molar-refractivity contribution in [3.8, 4) is 45.5 Å². The fourth-order valence-corrected chi connectivity index (χ4v) is 3.25. The van der Waals surface area contributed by atoms with Gasteiger partial charge in [0, 0.05) is 11.1 Å². The Morgan fingerprint density at radius 3 is 2.21 bits per heavy atom. The largest absolute Gasteiger partial charge is 0.508 e. The fraction of sp³-hybridized carbons (Fsp3) is 0.182. The van der Waals surface area contributed by atoms with Gasteiger partial charge in [0.25, 0.3) is 0 Å². The van der Waals surface area contributed by atoms with Crippen molar-refractivity contribution < 1.29 is 19.3 Å². The molecule has 4 aromatic rings. The predicted octanol–water partition coefficient (Wildman–Crippen LogP) is 4.33. The number of phenols is 1. The van der Waals surface area contributed by atoms with Crippen LogP contribution in [0.5, 0.6) is 23.0 Å². The van der Waals surface area contributed by atoms with Gasteiger partial charge in [0.1, 0.15) is 17.0 Å². The first kappa shape index (κ1) is 18.6. The number of hydrogen-bond donors (Lipinski definition) is 2. The van der Waals surface area contributed by atoms with Gasteiger partial charge in [0.15, 0.2) is 11.5 Å². The van der Waals surface area contributed by atoms with Crippen molar-refractivity contribution in [3.63, 3.8) is 0 Å². The van der Waals surface area contributed by atoms with Crippen LogP contribution in [0, 0.1) is 6.92 Å². The zero-order chi connectivity index (χ0) is 20.5. The number of aryl methyl sites for hydroxylation is 1. The van der Waals surface area contributed by atoms with E-state index in [4.69, 9.17) is 19.2 Å². The minimum atomic E-state index is 0.237. The minimum Gasteiger partial charge on any atom is -0.508 e. The van der Waals surface area contributed by atoms with Crippen LogP contribution >= 0.6 is 0 Å². The summed E-state index contributed by atoms with van der Waals surface area (Å²) in [7, 11) is 4.71. The van der Waals surface area contributed by atoms with Crippen molar-refractivity contribution in [2.75, 3.05) is 21.3 Å². The molecule has 7 heteroatoms. The molecule has 2 heterocycles. The Bertz CT molecular complexity index is 1180. The molecular weight excluding hydrogens is 370 g/mol. The van der Waals surface area contributed by atoms with Crippen LogP contribution < -0.4 is 14.2 Å². The third kappa shape index (κ3) is 3.20. The van der Waals surface area contributed by atoms with Crippen LogP contribution in [-0.4, -0.2) is 41.6 Å². The molecule has 0 fully saturated rings. The summed E-state index contributed by atoms with van der Waals surface area (Å²) < 4.78 is 16.3. The van der Waals surface area contributed by atoms with Gasteiger partial charge in [0.05, 0.1) is 32.5 Å². The molecule has 7 nitrogen and oxygen atoms in total. The molecule has 0 spiro atoms. The minimum absolute atomic E-state index is 0.237. The average molecular weight is 391 g/mol. The lowest BCUT2D eigenvalue weighted by molar-refractivity contribution is 0.324. The third-order valence-corrected chi connectivity index (χ3v) is 4.85. The van der Waals surface area contributed by atoms with Crippen LogP contribution in [0.2, 0.25) is 0 Å². The lowest BCUT2D eigenvalue weighted by Gasteiger charge is -2.13. The van der Waals surface area contributed by atoms with Crippen LogP contribution in [0.25, 0.3) is 33.5 Å². The van der Waals surface area contributed by atoms with E-state index in [-0.39, 0.29) is 5.75 Å². The fourth-order valence-electron chi connectivity index (χ4n) is 3.25. The second-order valence-electron chi connectivity index (χ2n) is 6.58. The molecule has 0 saturated heterocycles. The molecule has 0 amide bonds. The summed E-state index contributed by atoms with van der Waals surface area (Å²) in [5.74, 6) is 1.83. The van der Waals surface area contributed by atoms with Crippen molar-refractivity contribution >= 4 is 11.0 Å². The van der Waals surface area contributed by atoms with E-state index >= 15 is 0 Å². The van der Waals surface area contributed by atoms with Gasteiger partial charge in [-0.1, -0.05) is 12.1 Å². The van der Waals surface area contributed by atoms with Gasteiger partial charge in [0.2, 0.25) is 5.75 Å². The predicted molar refractivity (Wildman–Crippen MR) is 111 cm³/mol. The number of nitrogens with zero attached hydrogens (tertiary/aromatic N) is 2. The van der Waals surface area contributed by atoms with Gasteiger partial charge in [-0.05, 0) is 42.8 Å². The number of benzene rings is 2. The Morgan fingerprint density at radius 1 is 0.862 bits per heavy atom. The summed E-state index contributed by atoms with van der Waals surface area (Å²) in [5, 5.41) is 17.5. The normalized spacial score (nSPS) is 10.9. The number of aromatic amines is 1. The number of phenolic OH excluding ortho intramolecular Hbond substituents is 1. The van der Waals surface area contributed by atoms with E-state index in [9.17, 15) is 5.11 Å². The van der Waals surface area contributed by atoms with Crippen molar-refractivity contribution in [2.24, 2.45) is 0 Å². The number of nitrogens with one attached hydrogen (secondary N) is 1. The highest BCUT2D eigenvalue weighted by Crippen LogP contribution is 2.42. The average Bonchev–Trinajstić information content (AvgIpc) is 3.17. The van der Waals surface area contributed by atoms with E-state index in [0.29, 0.717) is 28.5 Å². The highest BCUT2D eigenvalue weighted by Gasteiger charge is 2.18. The first-order chi connectivity index (χ1) is 14.0. The van der Waals surface area contributed by atoms with E-state index in [1.165, 1.54) is 0 Å². The molecule has 0 aliphatic heterocycles. The summed E-state index contributed by atoms with van der Waals surface area (Å²) in [6.45, 7) is 1.86. The molecular formula is C22H21N3O4. The quantitative estimate of drug-likeness (QED) is 0.526. The number of pyridine rings is 1. The smallest absolute Gasteiger partial charge is 0.203 e. The second-order valence-corrected chi connectivity index (χ2v) is 6.58. The maximum atomic E-state index is 10.0. The van der Waals surface area contributed by atoms with E-state index < -0.39 is 0 Å². The number of H-pyrrole nitrogens is 1. The monoisotopic (exact) mass is 391 g/mol. The van der Waals surface area contributed by atoms with Crippen molar-refractivity contribution in [3.05, 3.63) is 48.0 Å². The summed E-state index contributed by atoms with van der Waals surface area (Å²) >= 11 is 0. The van der Waals surface area contributed by atoms with Crippen LogP contribution in [0.3, 0.4) is 0 Å². The SMILES string of the molecule is COc1cc(-c2n[nH]c3ccc(-c4ccc(C)c(O)c4)nc23)cc(OC)c1OC. The molecule has 148 valence electrons. The van der Waals surface area contributed by atoms with Gasteiger partial charge < -0.3 is 19.3 Å². The number of ether oxygens (including phenoxy) is 3. The molecule has 0 aliphatic rings. The standard InChI is InChI=1S/C22H21N3O4/c1-12-5-6-13(9-17(12)26)15-7-8-16-21(23-15)20(25-24-16)14-10-18(27-2)22(29-4)19(11-14)28-3/h5-11,26H,1-4H3,(H,24,25). The molecule has 0 atom stereocenters. The van der Waals surface area contributed by atoms with Crippen LogP contribution in [0.1, 0.15) is 5.56 Å². The Kier molecular flexibility index (Phi) is 4.72. The number of aromatic nitrogens is 3. The Morgan fingerprint density at radius 2 is 1.59 bits per heavy atom. The van der Waals surface area contributed by atoms with Crippen molar-refractivity contribution in [2.45, 2.75) is 6.92 Å². The molecule has 2 N–H and O–H groups in total. The maximum absolute atomic E-state index is 10.0. The third-order valence-electron chi connectivity index (χ3n) is 4.85. The Balaban J connectivity index is 1.88. The zero-order valence-electron chi connectivity index (χ0n) is 16.6. The molecule has 2 aromatic heterocycles. The number of methoxy groups -OCH3 is 3. The summed E-state index contributed by atoms with van der Waals surface area (Å²) in [6, 6.07) is 13.0. The van der Waals surface area contributed by atoms with Crippen LogP contribution in [0.15, 0.2) is 42.5 Å². The second kappa shape index (κ2) is 7.35. The number of hydrogen-bond acceptors (Lipinski definition) is 6. The maximum Gasteiger partial charge on any atom is 0.203 e. The van der Waals surface area contributed by atoms with Gasteiger partial charge in [-0.3, -0.25) is 5.10 Å². The number of rotatable bonds is 5. The lowest BCUT2D eigenvalue weighted by Crippen LogP contribution is -1.96. The van der Waals surface area contributed by atoms with Gasteiger partial charge in [-0.15, -0.1) is 0 Å². The van der Waals surface area contributed by atoms with Crippen LogP contribution in [-0.2, 0) is 0 Å². The highest BCUT2D eigenvalue weighted by molar-refractivity contribution is 5.92. The molecule has 2 aromatic carbocycles. The van der Waals surface area contributed by atoms with Crippen LogP contribution in [0.4, 0.5) is 0 Å². The molecule has 29 heavy (non-hydrogen) atoms.